The van der Waals surface area contributed by atoms with Gasteiger partial charge in [-0.1, -0.05) is 18.2 Å². The molecule has 0 spiro atoms. The highest BCUT2D eigenvalue weighted by atomic mass is 16.5. The largest absolute Gasteiger partial charge is 0.484 e. The SMILES string of the molecule is CN(CCO)c1ccc(NC(=O)COc2ccccc2)cc1. The number of benzene rings is 2. The van der Waals surface area contributed by atoms with Gasteiger partial charge in [-0.25, -0.2) is 0 Å². The van der Waals surface area contributed by atoms with Gasteiger partial charge in [-0.2, -0.15) is 0 Å². The summed E-state index contributed by atoms with van der Waals surface area (Å²) in [5.74, 6) is 0.457. The van der Waals surface area contributed by atoms with Crippen LogP contribution in [0.3, 0.4) is 0 Å². The van der Waals surface area contributed by atoms with Crippen LogP contribution in [-0.2, 0) is 4.79 Å². The van der Waals surface area contributed by atoms with E-state index in [1.165, 1.54) is 0 Å². The minimum atomic E-state index is -0.208. The fourth-order valence-corrected chi connectivity index (χ4v) is 1.94. The second kappa shape index (κ2) is 8.05. The number of rotatable bonds is 7. The zero-order valence-corrected chi connectivity index (χ0v) is 12.5. The Morgan fingerprint density at radius 1 is 1.14 bits per heavy atom. The second-order valence-corrected chi connectivity index (χ2v) is 4.84. The van der Waals surface area contributed by atoms with Crippen LogP contribution >= 0.6 is 0 Å². The van der Waals surface area contributed by atoms with Gasteiger partial charge in [0.2, 0.25) is 0 Å². The van der Waals surface area contributed by atoms with E-state index in [0.29, 0.717) is 18.0 Å². The maximum atomic E-state index is 11.8. The van der Waals surface area contributed by atoms with Gasteiger partial charge in [0.25, 0.3) is 5.91 Å². The van der Waals surface area contributed by atoms with Crippen molar-refractivity contribution in [3.05, 3.63) is 54.6 Å². The molecule has 0 aliphatic heterocycles. The highest BCUT2D eigenvalue weighted by Gasteiger charge is 2.05. The van der Waals surface area contributed by atoms with Crippen molar-refractivity contribution in [2.75, 3.05) is 37.0 Å². The van der Waals surface area contributed by atoms with Gasteiger partial charge in [0.1, 0.15) is 5.75 Å². The summed E-state index contributed by atoms with van der Waals surface area (Å²) in [6.45, 7) is 0.638. The molecule has 0 saturated carbocycles. The number of anilines is 2. The Morgan fingerprint density at radius 2 is 1.82 bits per heavy atom. The van der Waals surface area contributed by atoms with Crippen LogP contribution in [0.1, 0.15) is 0 Å². The molecule has 0 atom stereocenters. The molecule has 0 saturated heterocycles. The average molecular weight is 300 g/mol. The number of carbonyl (C=O) groups excluding carboxylic acids is 1. The van der Waals surface area contributed by atoms with Crippen LogP contribution in [0.4, 0.5) is 11.4 Å². The Hall–Kier alpha value is -2.53. The first-order valence-corrected chi connectivity index (χ1v) is 7.09. The number of hydrogen-bond acceptors (Lipinski definition) is 4. The molecule has 0 bridgehead atoms. The third-order valence-corrected chi connectivity index (χ3v) is 3.14. The zero-order valence-electron chi connectivity index (χ0n) is 12.5. The molecule has 0 unspecified atom stereocenters. The summed E-state index contributed by atoms with van der Waals surface area (Å²) in [6.07, 6.45) is 0. The van der Waals surface area contributed by atoms with Crippen LogP contribution in [0, 0.1) is 0 Å². The van der Waals surface area contributed by atoms with Crippen LogP contribution in [0.25, 0.3) is 0 Å². The van der Waals surface area contributed by atoms with Crippen LogP contribution in [-0.4, -0.2) is 37.8 Å². The summed E-state index contributed by atoms with van der Waals surface area (Å²) >= 11 is 0. The van der Waals surface area contributed by atoms with E-state index in [4.69, 9.17) is 9.84 Å². The van der Waals surface area contributed by atoms with E-state index < -0.39 is 0 Å². The number of para-hydroxylation sites is 1. The molecule has 2 aromatic rings. The van der Waals surface area contributed by atoms with E-state index in [1.807, 2.05) is 54.4 Å². The summed E-state index contributed by atoms with van der Waals surface area (Å²) in [7, 11) is 1.90. The van der Waals surface area contributed by atoms with Crippen molar-refractivity contribution in [1.29, 1.82) is 0 Å². The standard InChI is InChI=1S/C17H20N2O3/c1-19(11-12-20)15-9-7-14(8-10-15)18-17(21)13-22-16-5-3-2-4-6-16/h2-10,20H,11-13H2,1H3,(H,18,21). The van der Waals surface area contributed by atoms with Crippen molar-refractivity contribution >= 4 is 17.3 Å². The Kier molecular flexibility index (Phi) is 5.80. The molecule has 5 heteroatoms. The normalized spacial score (nSPS) is 10.1. The number of nitrogens with zero attached hydrogens (tertiary/aromatic N) is 1. The number of hydrogen-bond donors (Lipinski definition) is 2. The van der Waals surface area contributed by atoms with Gasteiger partial charge in [0.05, 0.1) is 6.61 Å². The molecule has 0 radical (unpaired) electrons. The van der Waals surface area contributed by atoms with Gasteiger partial charge in [-0.3, -0.25) is 4.79 Å². The van der Waals surface area contributed by atoms with Crippen molar-refractivity contribution in [3.63, 3.8) is 0 Å². The molecule has 5 nitrogen and oxygen atoms in total. The monoisotopic (exact) mass is 300 g/mol. The van der Waals surface area contributed by atoms with Gasteiger partial charge >= 0.3 is 0 Å². The molecule has 0 aromatic heterocycles. The number of likely N-dealkylation sites (N-methyl/N-ethyl adjacent to an activating group) is 1. The van der Waals surface area contributed by atoms with E-state index in [2.05, 4.69) is 5.32 Å². The summed E-state index contributed by atoms with van der Waals surface area (Å²) in [6, 6.07) is 16.6. The molecule has 0 fully saturated rings. The minimum absolute atomic E-state index is 0.0316. The number of amides is 1. The summed E-state index contributed by atoms with van der Waals surface area (Å²) in [4.78, 5) is 13.8. The molecule has 2 rings (SSSR count). The van der Waals surface area contributed by atoms with Gasteiger partial charge < -0.3 is 20.1 Å². The molecule has 116 valence electrons. The van der Waals surface area contributed by atoms with E-state index >= 15 is 0 Å². The molecule has 2 aromatic carbocycles. The van der Waals surface area contributed by atoms with Crippen molar-refractivity contribution in [1.82, 2.24) is 0 Å². The van der Waals surface area contributed by atoms with Crippen molar-refractivity contribution in [3.8, 4) is 5.75 Å². The smallest absolute Gasteiger partial charge is 0.262 e. The van der Waals surface area contributed by atoms with Crippen LogP contribution < -0.4 is 15.0 Å². The predicted molar refractivity (Wildman–Crippen MR) is 87.4 cm³/mol. The third-order valence-electron chi connectivity index (χ3n) is 3.14. The maximum Gasteiger partial charge on any atom is 0.262 e. The summed E-state index contributed by atoms with van der Waals surface area (Å²) in [5.41, 5.74) is 1.69. The van der Waals surface area contributed by atoms with Crippen LogP contribution in [0.15, 0.2) is 54.6 Å². The zero-order chi connectivity index (χ0) is 15.8. The fraction of sp³-hybridized carbons (Fsp3) is 0.235. The molecule has 22 heavy (non-hydrogen) atoms. The van der Waals surface area contributed by atoms with Gasteiger partial charge in [0.15, 0.2) is 6.61 Å². The number of aliphatic hydroxyl groups excluding tert-OH is 1. The van der Waals surface area contributed by atoms with Crippen molar-refractivity contribution in [2.45, 2.75) is 0 Å². The molecular formula is C17H20N2O3. The van der Waals surface area contributed by atoms with Crippen molar-refractivity contribution < 1.29 is 14.6 Å². The lowest BCUT2D eigenvalue weighted by Crippen LogP contribution is -2.21. The van der Waals surface area contributed by atoms with Crippen LogP contribution in [0.5, 0.6) is 5.75 Å². The Bertz CT molecular complexity index is 585. The number of aliphatic hydroxyl groups is 1. The molecule has 0 heterocycles. The lowest BCUT2D eigenvalue weighted by molar-refractivity contribution is -0.118. The lowest BCUT2D eigenvalue weighted by atomic mass is 10.2. The first-order chi connectivity index (χ1) is 10.7. The number of ether oxygens (including phenoxy) is 1. The van der Waals surface area contributed by atoms with E-state index in [9.17, 15) is 4.79 Å². The molecular weight excluding hydrogens is 280 g/mol. The van der Waals surface area contributed by atoms with Crippen molar-refractivity contribution in [2.24, 2.45) is 0 Å². The first kappa shape index (κ1) is 15.9. The Morgan fingerprint density at radius 3 is 2.45 bits per heavy atom. The first-order valence-electron chi connectivity index (χ1n) is 7.09. The van der Waals surface area contributed by atoms with E-state index in [0.717, 1.165) is 5.69 Å². The summed E-state index contributed by atoms with van der Waals surface area (Å²) < 4.78 is 5.39. The predicted octanol–water partition coefficient (Wildman–Crippen LogP) is 2.13. The van der Waals surface area contributed by atoms with Gasteiger partial charge in [0, 0.05) is 25.0 Å². The van der Waals surface area contributed by atoms with E-state index in [-0.39, 0.29) is 19.1 Å². The molecule has 0 aliphatic rings. The Balaban J connectivity index is 1.84. The fourth-order valence-electron chi connectivity index (χ4n) is 1.94. The summed E-state index contributed by atoms with van der Waals surface area (Å²) in [5, 5.41) is 11.7. The van der Waals surface area contributed by atoms with E-state index in [1.54, 1.807) is 12.1 Å². The number of nitrogens with one attached hydrogen (secondary N) is 1. The highest BCUT2D eigenvalue weighted by molar-refractivity contribution is 5.92. The maximum absolute atomic E-state index is 11.8. The second-order valence-electron chi connectivity index (χ2n) is 4.84. The van der Waals surface area contributed by atoms with Crippen LogP contribution in [0.2, 0.25) is 0 Å². The third kappa shape index (κ3) is 4.79. The quantitative estimate of drug-likeness (QED) is 0.822. The lowest BCUT2D eigenvalue weighted by Gasteiger charge is -2.18. The average Bonchev–Trinajstić information content (AvgIpc) is 2.55. The topological polar surface area (TPSA) is 61.8 Å². The highest BCUT2D eigenvalue weighted by Crippen LogP contribution is 2.16. The van der Waals surface area contributed by atoms with Gasteiger partial charge in [-0.15, -0.1) is 0 Å². The molecule has 1 amide bonds. The Labute approximate surface area is 130 Å². The molecule has 2 N–H and O–H groups in total. The van der Waals surface area contributed by atoms with Gasteiger partial charge in [-0.05, 0) is 36.4 Å². The molecule has 0 aliphatic carbocycles. The minimum Gasteiger partial charge on any atom is -0.484 e. The number of carbonyl (C=O) groups is 1.